The lowest BCUT2D eigenvalue weighted by Gasteiger charge is -2.32. The topological polar surface area (TPSA) is 51.6 Å². The average molecular weight is 383 g/mol. The minimum atomic E-state index is -0.416. The van der Waals surface area contributed by atoms with Crippen LogP contribution in [0.2, 0.25) is 0 Å². The Hall–Kier alpha value is -1.69. The highest BCUT2D eigenvalue weighted by atomic mass is 16.3. The number of anilines is 1. The van der Waals surface area contributed by atoms with E-state index in [1.807, 2.05) is 12.3 Å². The molecule has 2 fully saturated rings. The molecule has 2 aromatic rings. The number of piperidine rings is 1. The van der Waals surface area contributed by atoms with E-state index < -0.39 is 6.23 Å². The summed E-state index contributed by atoms with van der Waals surface area (Å²) in [7, 11) is 2.18. The van der Waals surface area contributed by atoms with Gasteiger partial charge in [0.15, 0.2) is 0 Å². The molecule has 2 unspecified atom stereocenters. The lowest BCUT2D eigenvalue weighted by molar-refractivity contribution is 0.0726. The van der Waals surface area contributed by atoms with Gasteiger partial charge in [-0.25, -0.2) is 0 Å². The second-order valence-electron chi connectivity index (χ2n) is 8.98. The van der Waals surface area contributed by atoms with Gasteiger partial charge in [0.2, 0.25) is 0 Å². The Kier molecular flexibility index (Phi) is 5.85. The van der Waals surface area contributed by atoms with E-state index in [0.29, 0.717) is 17.9 Å². The van der Waals surface area contributed by atoms with Crippen LogP contribution in [0.3, 0.4) is 0 Å². The second kappa shape index (κ2) is 8.36. The van der Waals surface area contributed by atoms with Crippen molar-refractivity contribution in [2.45, 2.75) is 45.4 Å². The van der Waals surface area contributed by atoms with Crippen LogP contribution in [-0.2, 0) is 0 Å². The number of hydrogen-bond donors (Lipinski definition) is 2. The molecule has 0 spiro atoms. The monoisotopic (exact) mass is 382 g/mol. The molecule has 2 aliphatic rings. The van der Waals surface area contributed by atoms with Gasteiger partial charge in [0.05, 0.1) is 5.52 Å². The maximum atomic E-state index is 10.7. The third-order valence-electron chi connectivity index (χ3n) is 6.59. The number of rotatable bonds is 5. The normalized spacial score (nSPS) is 27.4. The fourth-order valence-electron chi connectivity index (χ4n) is 5.05. The minimum absolute atomic E-state index is 0.310. The SMILES string of the molecule is Cc1ccc(N2C[C@@H](C)[C@@H](NC(O)CC3CCCN(C)C3)C2)c2cccnc12. The van der Waals surface area contributed by atoms with Gasteiger partial charge in [0, 0.05) is 42.9 Å². The van der Waals surface area contributed by atoms with Crippen molar-refractivity contribution < 1.29 is 5.11 Å². The molecule has 1 aromatic heterocycles. The maximum Gasteiger partial charge on any atom is 0.105 e. The molecule has 2 aliphatic heterocycles. The van der Waals surface area contributed by atoms with Gasteiger partial charge in [-0.05, 0) is 75.4 Å². The summed E-state index contributed by atoms with van der Waals surface area (Å²) >= 11 is 0. The number of pyridine rings is 1. The van der Waals surface area contributed by atoms with Crippen LogP contribution in [-0.4, -0.2) is 60.5 Å². The van der Waals surface area contributed by atoms with Crippen molar-refractivity contribution in [1.82, 2.24) is 15.2 Å². The Bertz CT molecular complexity index is 810. The molecule has 4 atom stereocenters. The molecule has 28 heavy (non-hydrogen) atoms. The quantitative estimate of drug-likeness (QED) is 0.779. The molecule has 152 valence electrons. The summed E-state index contributed by atoms with van der Waals surface area (Å²) in [4.78, 5) is 9.42. The fourth-order valence-corrected chi connectivity index (χ4v) is 5.05. The number of likely N-dealkylation sites (tertiary alicyclic amines) is 1. The molecule has 2 saturated heterocycles. The molecule has 2 N–H and O–H groups in total. The van der Waals surface area contributed by atoms with Crippen LogP contribution >= 0.6 is 0 Å². The van der Waals surface area contributed by atoms with Crippen LogP contribution in [0.5, 0.6) is 0 Å². The third kappa shape index (κ3) is 4.17. The smallest absolute Gasteiger partial charge is 0.105 e. The number of aliphatic hydroxyl groups is 1. The first kappa shape index (κ1) is 19.6. The van der Waals surface area contributed by atoms with E-state index in [9.17, 15) is 5.11 Å². The van der Waals surface area contributed by atoms with Crippen molar-refractivity contribution in [3.8, 4) is 0 Å². The van der Waals surface area contributed by atoms with Crippen LogP contribution in [0, 0.1) is 18.8 Å². The number of benzene rings is 1. The fraction of sp³-hybridized carbons (Fsp3) is 0.609. The number of aliphatic hydroxyl groups excluding tert-OH is 1. The summed E-state index contributed by atoms with van der Waals surface area (Å²) in [5.74, 6) is 1.10. The molecular formula is C23H34N4O. The van der Waals surface area contributed by atoms with E-state index in [4.69, 9.17) is 0 Å². The second-order valence-corrected chi connectivity index (χ2v) is 8.98. The number of aromatic nitrogens is 1. The number of nitrogens with one attached hydrogen (secondary N) is 1. The number of nitrogens with zero attached hydrogens (tertiary/aromatic N) is 3. The van der Waals surface area contributed by atoms with Gasteiger partial charge in [-0.2, -0.15) is 0 Å². The zero-order chi connectivity index (χ0) is 19.7. The maximum absolute atomic E-state index is 10.7. The van der Waals surface area contributed by atoms with Gasteiger partial charge < -0.3 is 14.9 Å². The first-order valence-corrected chi connectivity index (χ1v) is 10.7. The van der Waals surface area contributed by atoms with Crippen molar-refractivity contribution in [3.63, 3.8) is 0 Å². The zero-order valence-corrected chi connectivity index (χ0v) is 17.4. The lowest BCUT2D eigenvalue weighted by Crippen LogP contribution is -2.45. The van der Waals surface area contributed by atoms with Crippen LogP contribution in [0.4, 0.5) is 5.69 Å². The van der Waals surface area contributed by atoms with E-state index in [-0.39, 0.29) is 0 Å². The van der Waals surface area contributed by atoms with Gasteiger partial charge in [-0.15, -0.1) is 0 Å². The summed E-state index contributed by atoms with van der Waals surface area (Å²) < 4.78 is 0. The van der Waals surface area contributed by atoms with Gasteiger partial charge in [-0.1, -0.05) is 13.0 Å². The Labute approximate surface area is 168 Å². The lowest BCUT2D eigenvalue weighted by atomic mass is 9.94. The Morgan fingerprint density at radius 2 is 2.11 bits per heavy atom. The van der Waals surface area contributed by atoms with Gasteiger partial charge in [-0.3, -0.25) is 10.3 Å². The summed E-state index contributed by atoms with van der Waals surface area (Å²) in [6, 6.07) is 8.90. The first-order valence-electron chi connectivity index (χ1n) is 10.7. The molecule has 0 saturated carbocycles. The molecule has 5 heteroatoms. The molecule has 3 heterocycles. The highest BCUT2D eigenvalue weighted by Gasteiger charge is 2.32. The van der Waals surface area contributed by atoms with E-state index in [2.05, 4.69) is 59.2 Å². The first-order chi connectivity index (χ1) is 13.5. The van der Waals surface area contributed by atoms with Crippen molar-refractivity contribution >= 4 is 16.6 Å². The largest absolute Gasteiger partial charge is 0.379 e. The molecule has 4 rings (SSSR count). The van der Waals surface area contributed by atoms with Crippen molar-refractivity contribution in [2.75, 3.05) is 38.1 Å². The Balaban J connectivity index is 1.42. The summed E-state index contributed by atoms with van der Waals surface area (Å²) in [6.07, 6.45) is 4.79. The van der Waals surface area contributed by atoms with Crippen LogP contribution in [0.1, 0.15) is 31.7 Å². The van der Waals surface area contributed by atoms with Gasteiger partial charge in [0.25, 0.3) is 0 Å². The molecule has 0 radical (unpaired) electrons. The Morgan fingerprint density at radius 3 is 2.93 bits per heavy atom. The van der Waals surface area contributed by atoms with Gasteiger partial charge >= 0.3 is 0 Å². The minimum Gasteiger partial charge on any atom is -0.379 e. The molecule has 5 nitrogen and oxygen atoms in total. The van der Waals surface area contributed by atoms with Crippen molar-refractivity contribution in [2.24, 2.45) is 11.8 Å². The predicted molar refractivity (Wildman–Crippen MR) is 116 cm³/mol. The summed E-state index contributed by atoms with van der Waals surface area (Å²) in [6.45, 7) is 8.63. The van der Waals surface area contributed by atoms with Crippen LogP contribution in [0.15, 0.2) is 30.5 Å². The number of fused-ring (bicyclic) bond motifs is 1. The van der Waals surface area contributed by atoms with E-state index >= 15 is 0 Å². The Morgan fingerprint density at radius 1 is 1.25 bits per heavy atom. The van der Waals surface area contributed by atoms with Gasteiger partial charge in [0.1, 0.15) is 6.23 Å². The van der Waals surface area contributed by atoms with E-state index in [1.54, 1.807) is 0 Å². The molecule has 0 amide bonds. The third-order valence-corrected chi connectivity index (χ3v) is 6.59. The molecule has 0 bridgehead atoms. The highest BCUT2D eigenvalue weighted by Crippen LogP contribution is 2.32. The highest BCUT2D eigenvalue weighted by molar-refractivity contribution is 5.93. The van der Waals surface area contributed by atoms with Crippen LogP contribution < -0.4 is 10.2 Å². The van der Waals surface area contributed by atoms with E-state index in [1.165, 1.54) is 36.0 Å². The van der Waals surface area contributed by atoms with Crippen molar-refractivity contribution in [1.29, 1.82) is 0 Å². The molecule has 1 aromatic carbocycles. The average Bonchev–Trinajstić information content (AvgIpc) is 3.02. The van der Waals surface area contributed by atoms with Crippen molar-refractivity contribution in [3.05, 3.63) is 36.0 Å². The standard InChI is InChI=1S/C23H34N4O/c1-16-8-9-21(19-7-4-10-24-23(16)19)27-13-17(2)20(15-27)25-22(28)12-18-6-5-11-26(3)14-18/h4,7-10,17-18,20,22,25,28H,5-6,11-15H2,1-3H3/t17-,18?,20+,22?/m1/s1. The molecule has 0 aliphatic carbocycles. The summed E-state index contributed by atoms with van der Waals surface area (Å²) in [5, 5.41) is 15.4. The number of hydrogen-bond acceptors (Lipinski definition) is 5. The zero-order valence-electron chi connectivity index (χ0n) is 17.4. The van der Waals surface area contributed by atoms with Crippen LogP contribution in [0.25, 0.3) is 10.9 Å². The predicted octanol–water partition coefficient (Wildman–Crippen LogP) is 3.01. The number of aryl methyl sites for hydroxylation is 1. The molecular weight excluding hydrogens is 348 g/mol. The summed E-state index contributed by atoms with van der Waals surface area (Å²) in [5.41, 5.74) is 3.56. The van der Waals surface area contributed by atoms with E-state index in [0.717, 1.165) is 31.6 Å².